The lowest BCUT2D eigenvalue weighted by Gasteiger charge is -2.32. The Morgan fingerprint density at radius 3 is 2.44 bits per heavy atom. The number of ether oxygens (including phenoxy) is 1. The number of amides is 3. The zero-order chi connectivity index (χ0) is 35.8. The minimum absolute atomic E-state index is 0.0298. The molecule has 0 bridgehead atoms. The number of rotatable bonds is 5. The van der Waals surface area contributed by atoms with E-state index in [0.29, 0.717) is 12.8 Å². The summed E-state index contributed by atoms with van der Waals surface area (Å²) in [6.07, 6.45) is 6.52. The number of carbonyl (C=O) groups is 4. The minimum atomic E-state index is -3.98. The Labute approximate surface area is 293 Å². The quantitative estimate of drug-likeness (QED) is 0.391. The van der Waals surface area contributed by atoms with Crippen LogP contribution in [0.3, 0.4) is 0 Å². The Morgan fingerprint density at radius 1 is 0.980 bits per heavy atom. The van der Waals surface area contributed by atoms with Gasteiger partial charge in [0.15, 0.2) is 0 Å². The number of hydrogen-bond donors (Lipinski definition) is 3. The molecule has 4 aliphatic rings. The minimum Gasteiger partial charge on any atom is -0.479 e. The van der Waals surface area contributed by atoms with E-state index in [2.05, 4.69) is 10.6 Å². The Balaban J connectivity index is 1.30. The summed E-state index contributed by atoms with van der Waals surface area (Å²) in [5.74, 6) is -3.65. The van der Waals surface area contributed by atoms with Gasteiger partial charge in [-0.2, -0.15) is 4.31 Å². The first-order valence-corrected chi connectivity index (χ1v) is 18.8. The van der Waals surface area contributed by atoms with E-state index in [1.54, 1.807) is 39.0 Å². The number of sulfonamides is 1. The van der Waals surface area contributed by atoms with Gasteiger partial charge in [-0.15, -0.1) is 0 Å². The molecule has 2 aromatic rings. The van der Waals surface area contributed by atoms with E-state index in [1.807, 2.05) is 48.6 Å². The number of nitrogens with one attached hydrogen (secondary N) is 2. The van der Waals surface area contributed by atoms with Gasteiger partial charge in [-0.05, 0) is 75.6 Å². The van der Waals surface area contributed by atoms with Crippen LogP contribution >= 0.6 is 0 Å². The van der Waals surface area contributed by atoms with Crippen molar-refractivity contribution in [1.82, 2.24) is 19.8 Å². The summed E-state index contributed by atoms with van der Waals surface area (Å²) in [5.41, 5.74) is -0.677. The summed E-state index contributed by atoms with van der Waals surface area (Å²) in [6, 6.07) is 14.1. The number of carbonyl (C=O) groups excluding carboxylic acids is 3. The fourth-order valence-electron chi connectivity index (χ4n) is 7.59. The molecule has 0 aromatic heterocycles. The van der Waals surface area contributed by atoms with E-state index in [1.165, 1.54) is 9.21 Å². The van der Waals surface area contributed by atoms with Gasteiger partial charge in [0.05, 0.1) is 4.90 Å². The zero-order valence-corrected chi connectivity index (χ0v) is 29.5. The maximum atomic E-state index is 14.3. The molecular formula is C37H46N4O8S. The van der Waals surface area contributed by atoms with Crippen LogP contribution in [0.15, 0.2) is 71.6 Å². The topological polar surface area (TPSA) is 162 Å². The number of alkyl carbamates (subject to hydrolysis) is 1. The van der Waals surface area contributed by atoms with E-state index >= 15 is 0 Å². The Morgan fingerprint density at radius 2 is 1.72 bits per heavy atom. The molecule has 3 N–H and O–H groups in total. The molecule has 3 amide bonds. The molecule has 3 heterocycles. The molecule has 268 valence electrons. The van der Waals surface area contributed by atoms with Crippen molar-refractivity contribution in [2.45, 2.75) is 87.4 Å². The molecule has 12 nitrogen and oxygen atoms in total. The Bertz CT molecular complexity index is 1770. The highest BCUT2D eigenvalue weighted by atomic mass is 32.2. The molecule has 2 aromatic carbocycles. The highest BCUT2D eigenvalue weighted by Crippen LogP contribution is 2.46. The van der Waals surface area contributed by atoms with Crippen molar-refractivity contribution < 1.29 is 37.4 Å². The molecule has 13 heteroatoms. The van der Waals surface area contributed by atoms with Gasteiger partial charge in [0.2, 0.25) is 21.8 Å². The lowest BCUT2D eigenvalue weighted by Crippen LogP contribution is -2.58. The summed E-state index contributed by atoms with van der Waals surface area (Å²) in [6.45, 7) is 5.30. The monoisotopic (exact) mass is 706 g/mol. The first-order chi connectivity index (χ1) is 23.7. The summed E-state index contributed by atoms with van der Waals surface area (Å²) >= 11 is 0. The smallest absolute Gasteiger partial charge is 0.408 e. The number of hydrogen-bond acceptors (Lipinski definition) is 7. The Hall–Kier alpha value is -4.23. The van der Waals surface area contributed by atoms with Gasteiger partial charge >= 0.3 is 12.1 Å². The summed E-state index contributed by atoms with van der Waals surface area (Å²) in [4.78, 5) is 55.5. The number of allylic oxidation sites excluding steroid dienone is 1. The Kier molecular flexibility index (Phi) is 9.84. The van der Waals surface area contributed by atoms with E-state index in [-0.39, 0.29) is 31.0 Å². The van der Waals surface area contributed by atoms with Crippen molar-refractivity contribution in [2.75, 3.05) is 19.6 Å². The fraction of sp³-hybridized carbons (Fsp3) is 0.514. The molecule has 1 aliphatic carbocycles. The second-order valence-electron chi connectivity index (χ2n) is 14.9. The van der Waals surface area contributed by atoms with Gasteiger partial charge in [-0.1, -0.05) is 67.5 Å². The molecule has 3 fully saturated rings. The van der Waals surface area contributed by atoms with Gasteiger partial charge in [-0.25, -0.2) is 18.0 Å². The summed E-state index contributed by atoms with van der Waals surface area (Å²) < 4.78 is 34.9. The van der Waals surface area contributed by atoms with Crippen LogP contribution in [0, 0.1) is 17.8 Å². The van der Waals surface area contributed by atoms with E-state index < -0.39 is 74.9 Å². The van der Waals surface area contributed by atoms with Crippen molar-refractivity contribution in [3.8, 4) is 11.1 Å². The third-order valence-electron chi connectivity index (χ3n) is 10.2. The standard InChI is InChI=1S/C37H46N4O8S/c1-36(2,3)49-35(46)38-30-18-11-6-4-5-10-16-27-20-37(27,34(44)45)39-32(42)31-29-23-40(21-26(29)22-41(31)33(30)43)50(47,48)28-17-12-15-25(19-28)24-13-8-7-9-14-24/h7-10,12-17,19,26-27,29-31H,4-6,11,18,20-23H2,1-3H3,(H,38,46)(H,39,42)(H,44,45)/b16-10-/t26-,27-,29-,30+,31-,37+/m0/s1. The van der Waals surface area contributed by atoms with E-state index in [0.717, 1.165) is 30.4 Å². The second-order valence-corrected chi connectivity index (χ2v) is 16.9. The predicted octanol–water partition coefficient (Wildman–Crippen LogP) is 4.17. The van der Waals surface area contributed by atoms with Crippen molar-refractivity contribution in [3.05, 3.63) is 66.7 Å². The number of aliphatic carboxylic acids is 1. The molecule has 3 aliphatic heterocycles. The van der Waals surface area contributed by atoms with Gasteiger partial charge in [0.1, 0.15) is 23.2 Å². The molecule has 0 radical (unpaired) electrons. The molecule has 2 saturated heterocycles. The average molecular weight is 707 g/mol. The summed E-state index contributed by atoms with van der Waals surface area (Å²) in [5, 5.41) is 15.7. The number of nitrogens with zero attached hydrogens (tertiary/aromatic N) is 2. The zero-order valence-electron chi connectivity index (χ0n) is 28.7. The van der Waals surface area contributed by atoms with Crippen LogP contribution in [0.5, 0.6) is 0 Å². The molecular weight excluding hydrogens is 660 g/mol. The van der Waals surface area contributed by atoms with Crippen LogP contribution in [0.2, 0.25) is 0 Å². The largest absolute Gasteiger partial charge is 0.479 e. The van der Waals surface area contributed by atoms with Gasteiger partial charge in [0, 0.05) is 31.5 Å². The van der Waals surface area contributed by atoms with Crippen LogP contribution in [-0.2, 0) is 29.1 Å². The molecule has 0 unspecified atom stereocenters. The molecule has 50 heavy (non-hydrogen) atoms. The van der Waals surface area contributed by atoms with Gasteiger partial charge < -0.3 is 25.4 Å². The number of fused-ring (bicyclic) bond motifs is 4. The molecule has 0 spiro atoms. The predicted molar refractivity (Wildman–Crippen MR) is 185 cm³/mol. The molecule has 6 atom stereocenters. The van der Waals surface area contributed by atoms with Crippen LogP contribution in [0.25, 0.3) is 11.1 Å². The number of carboxylic acid groups (broad SMARTS) is 1. The third-order valence-corrected chi connectivity index (χ3v) is 12.1. The summed E-state index contributed by atoms with van der Waals surface area (Å²) in [7, 11) is -3.98. The average Bonchev–Trinajstić information content (AvgIpc) is 3.40. The van der Waals surface area contributed by atoms with Crippen molar-refractivity contribution in [1.29, 1.82) is 0 Å². The van der Waals surface area contributed by atoms with Crippen LogP contribution in [-0.4, -0.2) is 89.5 Å². The fourth-order valence-corrected chi connectivity index (χ4v) is 9.17. The van der Waals surface area contributed by atoms with Crippen LogP contribution in [0.1, 0.15) is 59.3 Å². The van der Waals surface area contributed by atoms with Crippen molar-refractivity contribution in [2.24, 2.45) is 17.8 Å². The van der Waals surface area contributed by atoms with Gasteiger partial charge in [-0.3, -0.25) is 9.59 Å². The lowest BCUT2D eigenvalue weighted by molar-refractivity contribution is -0.146. The van der Waals surface area contributed by atoms with Crippen molar-refractivity contribution in [3.63, 3.8) is 0 Å². The van der Waals surface area contributed by atoms with Crippen molar-refractivity contribution >= 4 is 33.9 Å². The SMILES string of the molecule is CC(C)(C)OC(=O)N[C@@H]1CCCCC/C=C\[C@H]2C[C@@]2(C(=O)O)NC(=O)[C@@H]2[C@H]3CN(S(=O)(=O)c4cccc(-c5ccccc5)c4)C[C@H]3CN2C1=O. The second kappa shape index (κ2) is 13.8. The molecule has 1 saturated carbocycles. The first-order valence-electron chi connectivity index (χ1n) is 17.4. The maximum Gasteiger partial charge on any atom is 0.408 e. The highest BCUT2D eigenvalue weighted by Gasteiger charge is 2.63. The van der Waals surface area contributed by atoms with Gasteiger partial charge in [0.25, 0.3) is 0 Å². The molecule has 6 rings (SSSR count). The number of carboxylic acids is 1. The number of benzene rings is 2. The van der Waals surface area contributed by atoms with Crippen LogP contribution < -0.4 is 10.6 Å². The highest BCUT2D eigenvalue weighted by molar-refractivity contribution is 7.89. The maximum absolute atomic E-state index is 14.3. The lowest BCUT2D eigenvalue weighted by atomic mass is 9.93. The first kappa shape index (κ1) is 35.6. The van der Waals surface area contributed by atoms with Crippen LogP contribution in [0.4, 0.5) is 4.79 Å². The van der Waals surface area contributed by atoms with E-state index in [4.69, 9.17) is 4.74 Å². The van der Waals surface area contributed by atoms with E-state index in [9.17, 15) is 32.7 Å². The normalized spacial score (nSPS) is 29.7. The third kappa shape index (κ3) is 7.29.